The molecule has 2 fully saturated rings. The van der Waals surface area contributed by atoms with E-state index in [4.69, 9.17) is 0 Å². The van der Waals surface area contributed by atoms with Crippen molar-refractivity contribution >= 4 is 29.0 Å². The minimum atomic E-state index is -0.354. The molecule has 1 aliphatic heterocycles. The largest absolute Gasteiger partial charge is 0.393 e. The number of aliphatic hydroxyl groups excluding tert-OH is 1. The van der Waals surface area contributed by atoms with Crippen molar-refractivity contribution < 1.29 is 14.7 Å². The monoisotopic (exact) mass is 457 g/mol. The summed E-state index contributed by atoms with van der Waals surface area (Å²) in [5.41, 5.74) is 2.09. The van der Waals surface area contributed by atoms with Gasteiger partial charge in [-0.1, -0.05) is 0 Å². The van der Waals surface area contributed by atoms with E-state index in [0.717, 1.165) is 29.8 Å². The number of rotatable bonds is 6. The summed E-state index contributed by atoms with van der Waals surface area (Å²) < 4.78 is 0. The molecule has 3 heterocycles. The molecule has 172 valence electrons. The van der Waals surface area contributed by atoms with Crippen LogP contribution in [0.4, 0.5) is 5.82 Å². The van der Waals surface area contributed by atoms with Crippen molar-refractivity contribution in [3.05, 3.63) is 28.5 Å². The lowest BCUT2D eigenvalue weighted by Crippen LogP contribution is -2.46. The van der Waals surface area contributed by atoms with Crippen LogP contribution >= 0.6 is 11.3 Å². The van der Waals surface area contributed by atoms with Gasteiger partial charge in [0.05, 0.1) is 11.0 Å². The summed E-state index contributed by atoms with van der Waals surface area (Å²) in [6.07, 6.45) is 4.44. The van der Waals surface area contributed by atoms with E-state index in [-0.39, 0.29) is 41.1 Å². The molecule has 32 heavy (non-hydrogen) atoms. The number of aryl methyl sites for hydroxylation is 1. The Bertz CT molecular complexity index is 1020. The van der Waals surface area contributed by atoms with Crippen LogP contribution in [-0.4, -0.2) is 62.6 Å². The zero-order valence-corrected chi connectivity index (χ0v) is 19.8. The molecule has 2 aromatic heterocycles. The molecule has 0 spiro atoms. The summed E-state index contributed by atoms with van der Waals surface area (Å²) in [6, 6.07) is 2.32. The Kier molecular flexibility index (Phi) is 6.48. The number of nitrogens with one attached hydrogen (secondary N) is 2. The second-order valence-electron chi connectivity index (χ2n) is 9.17. The van der Waals surface area contributed by atoms with Crippen LogP contribution in [0.5, 0.6) is 0 Å². The Balaban J connectivity index is 1.68. The molecule has 2 aromatic rings. The highest BCUT2D eigenvalue weighted by atomic mass is 32.1. The molecule has 1 atom stereocenters. The minimum Gasteiger partial charge on any atom is -0.393 e. The number of hydrogen-bond donors (Lipinski definition) is 3. The molecule has 2 aliphatic rings. The van der Waals surface area contributed by atoms with Crippen LogP contribution in [0.2, 0.25) is 0 Å². The third-order valence-corrected chi connectivity index (χ3v) is 7.17. The zero-order valence-electron chi connectivity index (χ0n) is 19.0. The number of pyridine rings is 1. The van der Waals surface area contributed by atoms with E-state index >= 15 is 0 Å². The van der Waals surface area contributed by atoms with Gasteiger partial charge in [0.25, 0.3) is 11.8 Å². The fourth-order valence-corrected chi connectivity index (χ4v) is 5.27. The first kappa shape index (κ1) is 22.7. The van der Waals surface area contributed by atoms with Gasteiger partial charge in [-0.15, -0.1) is 11.3 Å². The lowest BCUT2D eigenvalue weighted by molar-refractivity contribution is 0.0562. The van der Waals surface area contributed by atoms with E-state index in [0.29, 0.717) is 30.0 Å². The average Bonchev–Trinajstić information content (AvgIpc) is 3.32. The van der Waals surface area contributed by atoms with Crippen LogP contribution in [0.15, 0.2) is 12.3 Å². The lowest BCUT2D eigenvalue weighted by Gasteiger charge is -2.31. The quantitative estimate of drug-likeness (QED) is 0.615. The van der Waals surface area contributed by atoms with Gasteiger partial charge in [-0.3, -0.25) is 9.59 Å². The summed E-state index contributed by atoms with van der Waals surface area (Å²) in [5, 5.41) is 16.0. The number of anilines is 1. The fourth-order valence-electron chi connectivity index (χ4n) is 4.24. The molecule has 8 nitrogen and oxygen atoms in total. The maximum absolute atomic E-state index is 13.4. The highest BCUT2D eigenvalue weighted by Gasteiger charge is 2.33. The molecule has 9 heteroatoms. The van der Waals surface area contributed by atoms with Crippen molar-refractivity contribution in [1.82, 2.24) is 20.2 Å². The number of aliphatic hydroxyl groups is 1. The van der Waals surface area contributed by atoms with E-state index in [9.17, 15) is 14.7 Å². The maximum Gasteiger partial charge on any atom is 0.280 e. The van der Waals surface area contributed by atoms with Crippen molar-refractivity contribution in [2.75, 3.05) is 11.9 Å². The van der Waals surface area contributed by atoms with E-state index in [2.05, 4.69) is 20.6 Å². The van der Waals surface area contributed by atoms with Gasteiger partial charge < -0.3 is 20.6 Å². The molecule has 2 amide bonds. The number of thiazole rings is 1. The molecule has 1 aliphatic carbocycles. The third-order valence-electron chi connectivity index (χ3n) is 6.08. The van der Waals surface area contributed by atoms with E-state index < -0.39 is 0 Å². The van der Waals surface area contributed by atoms with Crippen molar-refractivity contribution in [1.29, 1.82) is 0 Å². The molecule has 1 saturated carbocycles. The van der Waals surface area contributed by atoms with Gasteiger partial charge in [0.1, 0.15) is 11.5 Å². The van der Waals surface area contributed by atoms with Crippen LogP contribution in [-0.2, 0) is 0 Å². The molecule has 0 aromatic carbocycles. The standard InChI is InChI=1S/C23H31N5O3S/c1-12(2)25-18-8-13(3)17(11-24-18)20-19(23(31)28-7-5-6-14(28)4)27-22(32-20)21(30)26-15-9-16(29)10-15/h8,11-12,14-16,29H,5-7,9-10H2,1-4H3,(H,24,25)(H,26,30)/t14-,15?,16?/m0/s1. The smallest absolute Gasteiger partial charge is 0.280 e. The maximum atomic E-state index is 13.4. The summed E-state index contributed by atoms with van der Waals surface area (Å²) in [7, 11) is 0. The third kappa shape index (κ3) is 4.63. The van der Waals surface area contributed by atoms with E-state index in [1.165, 1.54) is 11.3 Å². The topological polar surface area (TPSA) is 107 Å². The average molecular weight is 458 g/mol. The van der Waals surface area contributed by atoms with Crippen molar-refractivity contribution in [2.24, 2.45) is 0 Å². The minimum absolute atomic E-state index is 0.0487. The predicted octanol–water partition coefficient (Wildman–Crippen LogP) is 3.21. The van der Waals surface area contributed by atoms with Gasteiger partial charge in [-0.2, -0.15) is 0 Å². The van der Waals surface area contributed by atoms with Crippen molar-refractivity contribution in [2.45, 2.75) is 77.6 Å². The molecular weight excluding hydrogens is 426 g/mol. The van der Waals surface area contributed by atoms with E-state index in [1.54, 1.807) is 6.20 Å². The second-order valence-corrected chi connectivity index (χ2v) is 10.2. The zero-order chi connectivity index (χ0) is 23.0. The first-order valence-electron chi connectivity index (χ1n) is 11.3. The number of amides is 2. The fraction of sp³-hybridized carbons (Fsp3) is 0.565. The Hall–Kier alpha value is -2.52. The number of carbonyl (C=O) groups excluding carboxylic acids is 2. The Morgan fingerprint density at radius 2 is 2.06 bits per heavy atom. The van der Waals surface area contributed by atoms with E-state index in [1.807, 2.05) is 38.7 Å². The van der Waals surface area contributed by atoms with Gasteiger partial charge in [0.15, 0.2) is 5.01 Å². The van der Waals surface area contributed by atoms with Crippen LogP contribution in [0.1, 0.15) is 72.3 Å². The highest BCUT2D eigenvalue weighted by Crippen LogP contribution is 2.35. The van der Waals surface area contributed by atoms with Gasteiger partial charge >= 0.3 is 0 Å². The molecule has 0 bridgehead atoms. The van der Waals surface area contributed by atoms with Crippen molar-refractivity contribution in [3.8, 4) is 10.4 Å². The number of nitrogens with zero attached hydrogens (tertiary/aromatic N) is 3. The summed E-state index contributed by atoms with van der Waals surface area (Å²) in [5.74, 6) is 0.335. The molecule has 0 radical (unpaired) electrons. The second kappa shape index (κ2) is 9.15. The van der Waals surface area contributed by atoms with Gasteiger partial charge in [0.2, 0.25) is 0 Å². The van der Waals surface area contributed by atoms with Crippen molar-refractivity contribution in [3.63, 3.8) is 0 Å². The number of aromatic nitrogens is 2. The Morgan fingerprint density at radius 3 is 2.66 bits per heavy atom. The molecular formula is C23H31N5O3S. The summed E-state index contributed by atoms with van der Waals surface area (Å²) >= 11 is 1.23. The SMILES string of the molecule is Cc1cc(NC(C)C)ncc1-c1sc(C(=O)NC2CC(O)C2)nc1C(=O)N1CCC[C@@H]1C. The van der Waals surface area contributed by atoms with Gasteiger partial charge in [-0.05, 0) is 65.0 Å². The normalized spacial score (nSPS) is 22.7. The first-order valence-corrected chi connectivity index (χ1v) is 12.1. The molecule has 4 rings (SSSR count). The van der Waals surface area contributed by atoms with Crippen LogP contribution in [0.3, 0.4) is 0 Å². The number of likely N-dealkylation sites (tertiary alicyclic amines) is 1. The predicted molar refractivity (Wildman–Crippen MR) is 125 cm³/mol. The number of carbonyl (C=O) groups is 2. The summed E-state index contributed by atoms with van der Waals surface area (Å²) in [6.45, 7) is 8.82. The molecule has 0 unspecified atom stereocenters. The highest BCUT2D eigenvalue weighted by molar-refractivity contribution is 7.17. The molecule has 1 saturated heterocycles. The van der Waals surface area contributed by atoms with Gasteiger partial charge in [0, 0.05) is 36.4 Å². The van der Waals surface area contributed by atoms with Crippen LogP contribution < -0.4 is 10.6 Å². The summed E-state index contributed by atoms with van der Waals surface area (Å²) in [4.78, 5) is 37.8. The Morgan fingerprint density at radius 1 is 1.31 bits per heavy atom. The van der Waals surface area contributed by atoms with Gasteiger partial charge in [-0.25, -0.2) is 9.97 Å². The molecule has 3 N–H and O–H groups in total. The lowest BCUT2D eigenvalue weighted by atomic mass is 9.89. The first-order chi connectivity index (χ1) is 15.2. The number of hydrogen-bond acceptors (Lipinski definition) is 7. The Labute approximate surface area is 192 Å². The van der Waals surface area contributed by atoms with Crippen LogP contribution in [0, 0.1) is 6.92 Å². The van der Waals surface area contributed by atoms with Crippen LogP contribution in [0.25, 0.3) is 10.4 Å².